The van der Waals surface area contributed by atoms with E-state index in [1.807, 2.05) is 42.5 Å². The van der Waals surface area contributed by atoms with Gasteiger partial charge in [0.15, 0.2) is 0 Å². The zero-order valence-corrected chi connectivity index (χ0v) is 12.9. The van der Waals surface area contributed by atoms with Crippen molar-refractivity contribution in [3.05, 3.63) is 107 Å². The van der Waals surface area contributed by atoms with E-state index >= 15 is 0 Å². The van der Waals surface area contributed by atoms with Crippen molar-refractivity contribution in [1.29, 1.82) is 0 Å². The Hall–Kier alpha value is -2.42. The zero-order valence-electron chi connectivity index (χ0n) is 12.9. The number of hydrogen-bond donors (Lipinski definition) is 2. The van der Waals surface area contributed by atoms with Gasteiger partial charge in [-0.05, 0) is 27.8 Å². The lowest BCUT2D eigenvalue weighted by atomic mass is 9.84. The van der Waals surface area contributed by atoms with E-state index in [4.69, 9.17) is 0 Å². The van der Waals surface area contributed by atoms with E-state index in [0.29, 0.717) is 0 Å². The average molecular weight is 304 g/mol. The van der Waals surface area contributed by atoms with Crippen LogP contribution in [0.3, 0.4) is 0 Å². The summed E-state index contributed by atoms with van der Waals surface area (Å²) in [7, 11) is 0. The summed E-state index contributed by atoms with van der Waals surface area (Å²) in [5.41, 5.74) is 5.42. The third kappa shape index (κ3) is 3.50. The molecule has 0 saturated heterocycles. The Morgan fingerprint density at radius 1 is 0.522 bits per heavy atom. The normalized spacial score (nSPS) is 10.9. The summed E-state index contributed by atoms with van der Waals surface area (Å²) < 4.78 is 0. The molecule has 0 spiro atoms. The molecule has 0 bridgehead atoms. The monoisotopic (exact) mass is 304 g/mol. The number of aliphatic hydroxyl groups excluding tert-OH is 2. The van der Waals surface area contributed by atoms with Crippen LogP contribution in [0, 0.1) is 0 Å². The number of aliphatic hydroxyl groups is 2. The summed E-state index contributed by atoms with van der Waals surface area (Å²) in [6.07, 6.45) is 0. The van der Waals surface area contributed by atoms with Crippen molar-refractivity contribution >= 4 is 0 Å². The molecule has 3 aromatic carbocycles. The molecule has 0 atom stereocenters. The highest BCUT2D eigenvalue weighted by molar-refractivity contribution is 5.44. The molecule has 0 saturated carbocycles. The van der Waals surface area contributed by atoms with Gasteiger partial charge in [0.1, 0.15) is 0 Å². The Kier molecular flexibility index (Phi) is 4.86. The van der Waals surface area contributed by atoms with E-state index in [1.54, 1.807) is 0 Å². The molecule has 0 amide bonds. The van der Waals surface area contributed by atoms with Crippen LogP contribution in [0.25, 0.3) is 0 Å². The van der Waals surface area contributed by atoms with Crippen LogP contribution < -0.4 is 0 Å². The molecule has 2 nitrogen and oxygen atoms in total. The predicted molar refractivity (Wildman–Crippen MR) is 92.1 cm³/mol. The van der Waals surface area contributed by atoms with Crippen molar-refractivity contribution in [2.45, 2.75) is 19.1 Å². The van der Waals surface area contributed by atoms with Crippen molar-refractivity contribution in [3.8, 4) is 0 Å². The van der Waals surface area contributed by atoms with Crippen LogP contribution >= 0.6 is 0 Å². The molecule has 0 radical (unpaired) electrons. The van der Waals surface area contributed by atoms with Crippen LogP contribution in [0.4, 0.5) is 0 Å². The van der Waals surface area contributed by atoms with Crippen LogP contribution in [0.15, 0.2) is 78.9 Å². The highest BCUT2D eigenvalue weighted by atomic mass is 16.3. The van der Waals surface area contributed by atoms with E-state index in [-0.39, 0.29) is 19.1 Å². The Morgan fingerprint density at radius 2 is 0.913 bits per heavy atom. The van der Waals surface area contributed by atoms with Gasteiger partial charge < -0.3 is 10.2 Å². The molecule has 0 aromatic heterocycles. The lowest BCUT2D eigenvalue weighted by molar-refractivity contribution is 0.281. The molecule has 0 aliphatic rings. The first-order chi connectivity index (χ1) is 11.3. The fourth-order valence-electron chi connectivity index (χ4n) is 2.85. The van der Waals surface area contributed by atoms with Gasteiger partial charge in [-0.2, -0.15) is 0 Å². The predicted octanol–water partition coefficient (Wildman–Crippen LogP) is 3.85. The van der Waals surface area contributed by atoms with Crippen molar-refractivity contribution in [1.82, 2.24) is 0 Å². The molecule has 2 N–H and O–H groups in total. The van der Waals surface area contributed by atoms with Crippen molar-refractivity contribution in [2.24, 2.45) is 0 Å². The Balaban J connectivity index is 2.05. The van der Waals surface area contributed by atoms with Crippen LogP contribution in [-0.2, 0) is 13.2 Å². The fraction of sp³-hybridized carbons (Fsp3) is 0.143. The van der Waals surface area contributed by atoms with E-state index < -0.39 is 0 Å². The van der Waals surface area contributed by atoms with Crippen LogP contribution in [-0.4, -0.2) is 10.2 Å². The first kappa shape index (κ1) is 15.5. The molecule has 0 fully saturated rings. The maximum Gasteiger partial charge on any atom is 0.0681 e. The maximum absolute atomic E-state index is 9.24. The lowest BCUT2D eigenvalue weighted by Crippen LogP contribution is -2.04. The Morgan fingerprint density at radius 3 is 1.30 bits per heavy atom. The molecule has 116 valence electrons. The minimum absolute atomic E-state index is 0.0570. The van der Waals surface area contributed by atoms with E-state index in [9.17, 15) is 10.2 Å². The van der Waals surface area contributed by atoms with Gasteiger partial charge in [-0.1, -0.05) is 78.9 Å². The second-order valence-electron chi connectivity index (χ2n) is 5.64. The molecule has 0 unspecified atom stereocenters. The van der Waals surface area contributed by atoms with Crippen molar-refractivity contribution in [3.63, 3.8) is 0 Å². The highest BCUT2D eigenvalue weighted by Crippen LogP contribution is 2.32. The lowest BCUT2D eigenvalue weighted by Gasteiger charge is -2.19. The molecule has 2 heteroatoms. The Labute approximate surface area is 136 Å². The second-order valence-corrected chi connectivity index (χ2v) is 5.64. The average Bonchev–Trinajstić information content (AvgIpc) is 2.64. The zero-order chi connectivity index (χ0) is 16.1. The first-order valence-electron chi connectivity index (χ1n) is 7.76. The summed E-state index contributed by atoms with van der Waals surface area (Å²) in [6, 6.07) is 26.5. The Bertz CT molecular complexity index is 684. The molecule has 0 heterocycles. The van der Waals surface area contributed by atoms with Gasteiger partial charge in [0.2, 0.25) is 0 Å². The van der Waals surface area contributed by atoms with Gasteiger partial charge in [-0.25, -0.2) is 0 Å². The quantitative estimate of drug-likeness (QED) is 0.703. The largest absolute Gasteiger partial charge is 0.392 e. The van der Waals surface area contributed by atoms with Crippen molar-refractivity contribution < 1.29 is 10.2 Å². The molecular weight excluding hydrogens is 284 g/mol. The van der Waals surface area contributed by atoms with Gasteiger partial charge in [0, 0.05) is 5.92 Å². The van der Waals surface area contributed by atoms with Gasteiger partial charge in [-0.3, -0.25) is 0 Å². The van der Waals surface area contributed by atoms with Crippen LogP contribution in [0.1, 0.15) is 33.7 Å². The smallest absolute Gasteiger partial charge is 0.0681 e. The third-order valence-electron chi connectivity index (χ3n) is 4.12. The van der Waals surface area contributed by atoms with Crippen molar-refractivity contribution in [2.75, 3.05) is 0 Å². The number of rotatable bonds is 5. The topological polar surface area (TPSA) is 40.5 Å². The molecule has 0 aliphatic heterocycles. The molecule has 3 aromatic rings. The summed E-state index contributed by atoms with van der Waals surface area (Å²) in [4.78, 5) is 0. The third-order valence-corrected chi connectivity index (χ3v) is 4.12. The van der Waals surface area contributed by atoms with E-state index in [2.05, 4.69) is 36.4 Å². The molecule has 23 heavy (non-hydrogen) atoms. The molecule has 0 aliphatic carbocycles. The van der Waals surface area contributed by atoms with Gasteiger partial charge in [0.25, 0.3) is 0 Å². The van der Waals surface area contributed by atoms with Crippen LogP contribution in [0.5, 0.6) is 0 Å². The van der Waals surface area contributed by atoms with Crippen LogP contribution in [0.2, 0.25) is 0 Å². The van der Waals surface area contributed by atoms with E-state index in [0.717, 1.165) is 11.1 Å². The first-order valence-corrected chi connectivity index (χ1v) is 7.76. The van der Waals surface area contributed by atoms with Gasteiger partial charge >= 0.3 is 0 Å². The maximum atomic E-state index is 9.24. The molecular formula is C21H20O2. The summed E-state index contributed by atoms with van der Waals surface area (Å²) in [6.45, 7) is 0.114. The van der Waals surface area contributed by atoms with E-state index in [1.165, 1.54) is 16.7 Å². The number of hydrogen-bond acceptors (Lipinski definition) is 2. The fourth-order valence-corrected chi connectivity index (χ4v) is 2.85. The highest BCUT2D eigenvalue weighted by Gasteiger charge is 2.16. The minimum atomic E-state index is 0.0570. The van der Waals surface area contributed by atoms with Gasteiger partial charge in [0.05, 0.1) is 13.2 Å². The summed E-state index contributed by atoms with van der Waals surface area (Å²) >= 11 is 0. The SMILES string of the molecule is OCc1ccc(C(c2ccccc2)c2ccc(CO)cc2)cc1. The minimum Gasteiger partial charge on any atom is -0.392 e. The summed E-state index contributed by atoms with van der Waals surface area (Å²) in [5, 5.41) is 18.5. The van der Waals surface area contributed by atoms with Gasteiger partial charge in [-0.15, -0.1) is 0 Å². The second kappa shape index (κ2) is 7.23. The number of benzene rings is 3. The summed E-state index contributed by atoms with van der Waals surface area (Å²) in [5.74, 6) is 0.136. The standard InChI is InChI=1S/C21H20O2/c22-14-16-6-10-19(11-7-16)21(18-4-2-1-3-5-18)20-12-8-17(15-23)9-13-20/h1-13,21-23H,14-15H2. The molecule has 3 rings (SSSR count).